The van der Waals surface area contributed by atoms with Crippen LogP contribution in [-0.2, 0) is 16.0 Å². The number of nitrogens with one attached hydrogen (secondary N) is 2. The van der Waals surface area contributed by atoms with Gasteiger partial charge in [-0.1, -0.05) is 45.7 Å². The number of likely N-dealkylation sites (tertiary alicyclic amines) is 1. The molecule has 4 rings (SSSR count). The number of halogens is 1. The third kappa shape index (κ3) is 7.76. The van der Waals surface area contributed by atoms with E-state index >= 15 is 0 Å². The van der Waals surface area contributed by atoms with Crippen LogP contribution in [0.5, 0.6) is 0 Å². The quantitative estimate of drug-likeness (QED) is 0.418. The van der Waals surface area contributed by atoms with E-state index in [1.54, 1.807) is 37.3 Å². The smallest absolute Gasteiger partial charge is 0.274 e. The van der Waals surface area contributed by atoms with Gasteiger partial charge < -0.3 is 25.0 Å². The number of hydrogen-bond acceptors (Lipinski definition) is 5. The first-order valence-corrected chi connectivity index (χ1v) is 15.3. The molecule has 42 heavy (non-hydrogen) atoms. The monoisotopic (exact) mass is 582 g/mol. The van der Waals surface area contributed by atoms with Gasteiger partial charge in [0.05, 0.1) is 12.4 Å². The molecule has 2 aromatic rings. The van der Waals surface area contributed by atoms with Gasteiger partial charge in [-0.25, -0.2) is 9.37 Å². The van der Waals surface area contributed by atoms with E-state index in [9.17, 15) is 18.8 Å². The molecular formula is C32H47FN6O3. The Morgan fingerprint density at radius 3 is 2.43 bits per heavy atom. The molecule has 0 bridgehead atoms. The second-order valence-electron chi connectivity index (χ2n) is 12.9. The molecule has 2 aliphatic rings. The first-order valence-electron chi connectivity index (χ1n) is 15.3. The summed E-state index contributed by atoms with van der Waals surface area (Å²) in [6.45, 7) is 8.96. The number of hydrogen-bond donors (Lipinski definition) is 2. The Balaban J connectivity index is 1.53. The number of carbonyl (C=O) groups is 3. The molecule has 2 N–H and O–H groups in total. The largest absolute Gasteiger partial charge is 0.342 e. The predicted molar refractivity (Wildman–Crippen MR) is 160 cm³/mol. The minimum absolute atomic E-state index is 0.127. The van der Waals surface area contributed by atoms with Gasteiger partial charge in [0.2, 0.25) is 11.8 Å². The van der Waals surface area contributed by atoms with Crippen LogP contribution in [0.1, 0.15) is 88.3 Å². The summed E-state index contributed by atoms with van der Waals surface area (Å²) < 4.78 is 15.6. The third-order valence-electron chi connectivity index (χ3n) is 8.76. The Bertz CT molecular complexity index is 1220. The minimum atomic E-state index is -0.702. The Hall–Kier alpha value is -3.27. The van der Waals surface area contributed by atoms with E-state index in [0.29, 0.717) is 37.8 Å². The Morgan fingerprint density at radius 2 is 1.79 bits per heavy atom. The fourth-order valence-corrected chi connectivity index (χ4v) is 5.99. The van der Waals surface area contributed by atoms with E-state index in [1.807, 2.05) is 31.9 Å². The van der Waals surface area contributed by atoms with Crippen molar-refractivity contribution in [3.05, 3.63) is 53.9 Å². The first-order chi connectivity index (χ1) is 20.0. The Labute approximate surface area is 249 Å². The lowest BCUT2D eigenvalue weighted by molar-refractivity contribution is -0.140. The average Bonchev–Trinajstić information content (AvgIpc) is 3.75. The van der Waals surface area contributed by atoms with E-state index < -0.39 is 17.5 Å². The number of imidazole rings is 1. The molecule has 1 saturated heterocycles. The SMILES string of the molecule is CN[C@@H](C)C(=O)N[C@H](C(=O)N1CCC[C@H]1CN(CCc1ccc(F)cc1)C(=O)c1cn(C2CCCC2)cn1)C(C)(C)C. The summed E-state index contributed by atoms with van der Waals surface area (Å²) in [5, 5.41) is 5.90. The van der Waals surface area contributed by atoms with Crippen LogP contribution >= 0.6 is 0 Å². The zero-order valence-corrected chi connectivity index (χ0v) is 25.7. The van der Waals surface area contributed by atoms with Crippen molar-refractivity contribution in [3.8, 4) is 0 Å². The van der Waals surface area contributed by atoms with E-state index in [-0.39, 0.29) is 29.6 Å². The molecule has 3 amide bonds. The van der Waals surface area contributed by atoms with Crippen LogP contribution in [0.15, 0.2) is 36.8 Å². The molecule has 9 nitrogen and oxygen atoms in total. The molecule has 1 aromatic carbocycles. The third-order valence-corrected chi connectivity index (χ3v) is 8.76. The highest BCUT2D eigenvalue weighted by atomic mass is 19.1. The van der Waals surface area contributed by atoms with Gasteiger partial charge in [0.1, 0.15) is 17.6 Å². The number of benzene rings is 1. The summed E-state index contributed by atoms with van der Waals surface area (Å²) in [4.78, 5) is 48.7. The molecule has 1 aliphatic carbocycles. The zero-order valence-electron chi connectivity index (χ0n) is 25.7. The van der Waals surface area contributed by atoms with E-state index in [0.717, 1.165) is 31.2 Å². The van der Waals surface area contributed by atoms with Gasteiger partial charge in [0.25, 0.3) is 5.91 Å². The lowest BCUT2D eigenvalue weighted by atomic mass is 9.85. The number of rotatable bonds is 11. The van der Waals surface area contributed by atoms with Crippen LogP contribution in [-0.4, -0.2) is 81.9 Å². The highest BCUT2D eigenvalue weighted by molar-refractivity contribution is 5.92. The van der Waals surface area contributed by atoms with Crippen molar-refractivity contribution in [2.24, 2.45) is 5.41 Å². The fourth-order valence-electron chi connectivity index (χ4n) is 5.99. The molecule has 0 radical (unpaired) electrons. The van der Waals surface area contributed by atoms with Gasteiger partial charge in [-0.05, 0) is 69.2 Å². The molecule has 230 valence electrons. The van der Waals surface area contributed by atoms with Crippen molar-refractivity contribution in [1.29, 1.82) is 0 Å². The molecule has 1 saturated carbocycles. The molecule has 2 heterocycles. The van der Waals surface area contributed by atoms with E-state index in [2.05, 4.69) is 20.2 Å². The minimum Gasteiger partial charge on any atom is -0.342 e. The zero-order chi connectivity index (χ0) is 30.4. The van der Waals surface area contributed by atoms with Gasteiger partial charge in [-0.3, -0.25) is 14.4 Å². The van der Waals surface area contributed by atoms with Gasteiger partial charge in [0, 0.05) is 37.9 Å². The van der Waals surface area contributed by atoms with Crippen LogP contribution in [0.2, 0.25) is 0 Å². The summed E-state index contributed by atoms with van der Waals surface area (Å²) in [5.74, 6) is -0.820. The highest BCUT2D eigenvalue weighted by Gasteiger charge is 2.41. The molecule has 1 aliphatic heterocycles. The van der Waals surface area contributed by atoms with Crippen molar-refractivity contribution in [2.75, 3.05) is 26.7 Å². The number of likely N-dealkylation sites (N-methyl/N-ethyl adjacent to an activating group) is 1. The van der Waals surface area contributed by atoms with E-state index in [4.69, 9.17) is 0 Å². The second kappa shape index (κ2) is 13.8. The molecule has 3 atom stereocenters. The lowest BCUT2D eigenvalue weighted by Gasteiger charge is -2.37. The van der Waals surface area contributed by atoms with Crippen molar-refractivity contribution in [1.82, 2.24) is 30.0 Å². The first kappa shape index (κ1) is 31.7. The van der Waals surface area contributed by atoms with Gasteiger partial charge in [0.15, 0.2) is 0 Å². The molecule has 10 heteroatoms. The van der Waals surface area contributed by atoms with Gasteiger partial charge >= 0.3 is 0 Å². The fraction of sp³-hybridized carbons (Fsp3) is 0.625. The average molecular weight is 583 g/mol. The molecule has 1 aromatic heterocycles. The van der Waals surface area contributed by atoms with Gasteiger partial charge in [-0.15, -0.1) is 0 Å². The summed E-state index contributed by atoms with van der Waals surface area (Å²) in [6, 6.07) is 5.39. The lowest BCUT2D eigenvalue weighted by Crippen LogP contribution is -2.59. The van der Waals surface area contributed by atoms with Crippen LogP contribution < -0.4 is 10.6 Å². The summed E-state index contributed by atoms with van der Waals surface area (Å²) >= 11 is 0. The number of carbonyl (C=O) groups excluding carboxylic acids is 3. The molecule has 0 spiro atoms. The molecule has 0 unspecified atom stereocenters. The summed E-state index contributed by atoms with van der Waals surface area (Å²) in [7, 11) is 1.71. The topological polar surface area (TPSA) is 99.6 Å². The normalized spacial score (nSPS) is 19.1. The maximum atomic E-state index is 14.0. The maximum Gasteiger partial charge on any atom is 0.274 e. The van der Waals surface area contributed by atoms with Crippen molar-refractivity contribution in [2.45, 2.75) is 96.8 Å². The van der Waals surface area contributed by atoms with Crippen LogP contribution in [0.25, 0.3) is 0 Å². The molecule has 2 fully saturated rings. The van der Waals surface area contributed by atoms with Crippen molar-refractivity contribution in [3.63, 3.8) is 0 Å². The Kier molecular flexibility index (Phi) is 10.4. The van der Waals surface area contributed by atoms with Gasteiger partial charge in [-0.2, -0.15) is 0 Å². The highest BCUT2D eigenvalue weighted by Crippen LogP contribution is 2.30. The van der Waals surface area contributed by atoms with E-state index in [1.165, 1.54) is 25.0 Å². The van der Waals surface area contributed by atoms with Crippen molar-refractivity contribution < 1.29 is 18.8 Å². The number of aromatic nitrogens is 2. The van der Waals surface area contributed by atoms with Crippen molar-refractivity contribution >= 4 is 17.7 Å². The summed E-state index contributed by atoms with van der Waals surface area (Å²) in [6.07, 6.45) is 10.3. The number of amides is 3. The van der Waals surface area contributed by atoms with Crippen LogP contribution in [0.4, 0.5) is 4.39 Å². The Morgan fingerprint density at radius 1 is 1.10 bits per heavy atom. The summed E-state index contributed by atoms with van der Waals surface area (Å²) in [5.41, 5.74) is 0.829. The maximum absolute atomic E-state index is 14.0. The second-order valence-corrected chi connectivity index (χ2v) is 12.9. The number of nitrogens with zero attached hydrogens (tertiary/aromatic N) is 4. The van der Waals surface area contributed by atoms with Crippen LogP contribution in [0, 0.1) is 11.2 Å². The predicted octanol–water partition coefficient (Wildman–Crippen LogP) is 3.95. The van der Waals surface area contributed by atoms with Crippen LogP contribution in [0.3, 0.4) is 0 Å². The molecular weight excluding hydrogens is 535 g/mol. The standard InChI is InChI=1S/C32H47FN6O3/c1-22(34-5)29(40)36-28(32(2,3)4)31(42)39-17-8-11-26(39)19-37(18-16-23-12-14-24(33)15-13-23)30(41)27-20-38(21-35-27)25-9-6-7-10-25/h12-15,20-22,25-26,28,34H,6-11,16-19H2,1-5H3,(H,36,40)/t22-,26-,28+/m0/s1.